The van der Waals surface area contributed by atoms with E-state index in [0.717, 1.165) is 11.1 Å². The molecule has 1 aromatic heterocycles. The summed E-state index contributed by atoms with van der Waals surface area (Å²) in [6.45, 7) is 2.10. The third-order valence-corrected chi connectivity index (χ3v) is 4.10. The number of fused-ring (bicyclic) bond motifs is 1. The van der Waals surface area contributed by atoms with Crippen molar-refractivity contribution in [2.24, 2.45) is 7.05 Å². The highest BCUT2D eigenvalue weighted by Crippen LogP contribution is 2.13. The number of aliphatic hydroxyl groups excluding tert-OH is 1. The van der Waals surface area contributed by atoms with Gasteiger partial charge in [-0.25, -0.2) is 4.79 Å². The highest BCUT2D eigenvalue weighted by atomic mass is 16.5. The quantitative estimate of drug-likeness (QED) is 0.622. The van der Waals surface area contributed by atoms with Gasteiger partial charge in [-0.15, -0.1) is 0 Å². The number of aliphatic hydroxyl groups is 1. The Balaban J connectivity index is 1.55. The zero-order valence-corrected chi connectivity index (χ0v) is 14.7. The predicted molar refractivity (Wildman–Crippen MR) is 98.6 cm³/mol. The van der Waals surface area contributed by atoms with Crippen LogP contribution in [-0.2, 0) is 7.05 Å². The molecule has 0 saturated heterocycles. The van der Waals surface area contributed by atoms with E-state index in [-0.39, 0.29) is 24.7 Å². The summed E-state index contributed by atoms with van der Waals surface area (Å²) in [5, 5.41) is 12.7. The van der Waals surface area contributed by atoms with Crippen molar-refractivity contribution >= 4 is 16.9 Å². The minimum absolute atomic E-state index is 0.0635. The van der Waals surface area contributed by atoms with Crippen LogP contribution >= 0.6 is 0 Å². The summed E-state index contributed by atoms with van der Waals surface area (Å²) in [7, 11) is 1.66. The molecule has 0 bridgehead atoms. The van der Waals surface area contributed by atoms with Gasteiger partial charge in [-0.3, -0.25) is 9.36 Å². The van der Waals surface area contributed by atoms with E-state index >= 15 is 0 Å². The number of amides is 1. The van der Waals surface area contributed by atoms with Crippen LogP contribution in [0.15, 0.2) is 47.3 Å². The van der Waals surface area contributed by atoms with Crippen LogP contribution in [0.1, 0.15) is 15.9 Å². The third kappa shape index (κ3) is 3.94. The molecule has 0 radical (unpaired) electrons. The molecule has 1 atom stereocenters. The van der Waals surface area contributed by atoms with Gasteiger partial charge in [0, 0.05) is 19.2 Å². The smallest absolute Gasteiger partial charge is 0.326 e. The van der Waals surface area contributed by atoms with Gasteiger partial charge in [0.1, 0.15) is 18.5 Å². The molecule has 1 amide bonds. The minimum atomic E-state index is -0.834. The second kappa shape index (κ2) is 7.45. The fraction of sp³-hybridized carbons (Fsp3) is 0.263. The van der Waals surface area contributed by atoms with Crippen molar-refractivity contribution < 1.29 is 14.6 Å². The first-order valence-corrected chi connectivity index (χ1v) is 8.28. The van der Waals surface area contributed by atoms with Crippen LogP contribution in [0.3, 0.4) is 0 Å². The standard InChI is InChI=1S/C19H21N3O4/c1-12-4-3-5-15(8-12)26-11-14(23)10-20-18(24)13-6-7-17-16(9-13)21-19(25)22(17)2/h3-9,14,23H,10-11H2,1-2H3,(H,20,24)(H,21,25). The van der Waals surface area contributed by atoms with Crippen LogP contribution in [0, 0.1) is 6.92 Å². The second-order valence-corrected chi connectivity index (χ2v) is 6.21. The number of benzene rings is 2. The highest BCUT2D eigenvalue weighted by Gasteiger charge is 2.12. The van der Waals surface area contributed by atoms with Gasteiger partial charge in [-0.05, 0) is 42.8 Å². The molecule has 7 nitrogen and oxygen atoms in total. The van der Waals surface area contributed by atoms with Crippen LogP contribution in [0.2, 0.25) is 0 Å². The van der Waals surface area contributed by atoms with Crippen LogP contribution in [0.4, 0.5) is 0 Å². The third-order valence-electron chi connectivity index (χ3n) is 4.10. The number of H-pyrrole nitrogens is 1. The Morgan fingerprint density at radius 2 is 2.12 bits per heavy atom. The summed E-state index contributed by atoms with van der Waals surface area (Å²) in [4.78, 5) is 26.5. The van der Waals surface area contributed by atoms with E-state index in [4.69, 9.17) is 4.74 Å². The fourth-order valence-electron chi connectivity index (χ4n) is 2.65. The Labute approximate surface area is 150 Å². The van der Waals surface area contributed by atoms with Gasteiger partial charge in [-0.2, -0.15) is 0 Å². The number of nitrogens with one attached hydrogen (secondary N) is 2. The molecule has 0 aliphatic heterocycles. The zero-order valence-electron chi connectivity index (χ0n) is 14.7. The SMILES string of the molecule is Cc1cccc(OCC(O)CNC(=O)c2ccc3c(c2)[nH]c(=O)n3C)c1. The number of aromatic amines is 1. The van der Waals surface area contributed by atoms with Crippen molar-refractivity contribution in [3.63, 3.8) is 0 Å². The Bertz CT molecular complexity index is 990. The number of aromatic nitrogens is 2. The van der Waals surface area contributed by atoms with Crippen LogP contribution in [-0.4, -0.2) is 39.8 Å². The maximum absolute atomic E-state index is 12.2. The highest BCUT2D eigenvalue weighted by molar-refractivity contribution is 5.97. The van der Waals surface area contributed by atoms with E-state index in [1.165, 1.54) is 4.57 Å². The van der Waals surface area contributed by atoms with E-state index in [2.05, 4.69) is 10.3 Å². The molecular formula is C19H21N3O4. The first-order chi connectivity index (χ1) is 12.4. The Morgan fingerprint density at radius 1 is 1.31 bits per heavy atom. The maximum atomic E-state index is 12.2. The van der Waals surface area contributed by atoms with Crippen LogP contribution < -0.4 is 15.7 Å². The average molecular weight is 355 g/mol. The molecule has 1 unspecified atom stereocenters. The lowest BCUT2D eigenvalue weighted by atomic mass is 10.2. The van der Waals surface area contributed by atoms with Gasteiger partial charge in [0.2, 0.25) is 0 Å². The van der Waals surface area contributed by atoms with E-state index in [0.29, 0.717) is 16.8 Å². The van der Waals surface area contributed by atoms with Crippen molar-refractivity contribution in [3.8, 4) is 5.75 Å². The van der Waals surface area contributed by atoms with Crippen molar-refractivity contribution in [1.82, 2.24) is 14.9 Å². The molecule has 0 aliphatic carbocycles. The Morgan fingerprint density at radius 3 is 2.88 bits per heavy atom. The molecule has 3 aromatic rings. The average Bonchev–Trinajstić information content (AvgIpc) is 2.91. The van der Waals surface area contributed by atoms with Crippen molar-refractivity contribution in [2.45, 2.75) is 13.0 Å². The summed E-state index contributed by atoms with van der Waals surface area (Å²) in [6.07, 6.45) is -0.834. The predicted octanol–water partition coefficient (Wildman–Crippen LogP) is 1.34. The van der Waals surface area contributed by atoms with Crippen LogP contribution in [0.5, 0.6) is 5.75 Å². The molecule has 1 heterocycles. The largest absolute Gasteiger partial charge is 0.491 e. The van der Waals surface area contributed by atoms with E-state index in [1.807, 2.05) is 31.2 Å². The van der Waals surface area contributed by atoms with Gasteiger partial charge in [0.15, 0.2) is 0 Å². The Hall–Kier alpha value is -3.06. The van der Waals surface area contributed by atoms with Crippen molar-refractivity contribution in [2.75, 3.05) is 13.2 Å². The minimum Gasteiger partial charge on any atom is -0.491 e. The number of rotatable bonds is 6. The fourth-order valence-corrected chi connectivity index (χ4v) is 2.65. The summed E-state index contributed by atoms with van der Waals surface area (Å²) in [5.41, 5.74) is 2.55. The van der Waals surface area contributed by atoms with Gasteiger partial charge in [0.25, 0.3) is 5.91 Å². The lowest BCUT2D eigenvalue weighted by Crippen LogP contribution is -2.35. The molecule has 26 heavy (non-hydrogen) atoms. The molecule has 136 valence electrons. The summed E-state index contributed by atoms with van der Waals surface area (Å²) in [5.74, 6) is 0.347. The molecule has 0 fully saturated rings. The second-order valence-electron chi connectivity index (χ2n) is 6.21. The maximum Gasteiger partial charge on any atom is 0.326 e. The number of imidazole rings is 1. The van der Waals surface area contributed by atoms with Crippen molar-refractivity contribution in [1.29, 1.82) is 0 Å². The topological polar surface area (TPSA) is 96.3 Å². The number of carbonyl (C=O) groups is 1. The Kier molecular flexibility index (Phi) is 5.09. The van der Waals surface area contributed by atoms with Gasteiger partial charge >= 0.3 is 5.69 Å². The molecule has 3 rings (SSSR count). The summed E-state index contributed by atoms with van der Waals surface area (Å²) >= 11 is 0. The van der Waals surface area contributed by atoms with E-state index < -0.39 is 6.10 Å². The monoisotopic (exact) mass is 355 g/mol. The molecule has 3 N–H and O–H groups in total. The molecule has 0 spiro atoms. The first-order valence-electron chi connectivity index (χ1n) is 8.28. The lowest BCUT2D eigenvalue weighted by molar-refractivity contribution is 0.0844. The molecule has 0 aliphatic rings. The van der Waals surface area contributed by atoms with Crippen LogP contribution in [0.25, 0.3) is 11.0 Å². The summed E-state index contributed by atoms with van der Waals surface area (Å²) < 4.78 is 6.99. The van der Waals surface area contributed by atoms with Gasteiger partial charge in [0.05, 0.1) is 11.0 Å². The number of ether oxygens (including phenoxy) is 1. The number of aryl methyl sites for hydroxylation is 2. The van der Waals surface area contributed by atoms with E-state index in [9.17, 15) is 14.7 Å². The molecule has 0 saturated carbocycles. The normalized spacial score (nSPS) is 12.1. The van der Waals surface area contributed by atoms with Gasteiger partial charge in [-0.1, -0.05) is 12.1 Å². The zero-order chi connectivity index (χ0) is 18.7. The first kappa shape index (κ1) is 17.8. The van der Waals surface area contributed by atoms with Gasteiger partial charge < -0.3 is 20.1 Å². The molecular weight excluding hydrogens is 334 g/mol. The van der Waals surface area contributed by atoms with E-state index in [1.54, 1.807) is 25.2 Å². The van der Waals surface area contributed by atoms with Crippen molar-refractivity contribution in [3.05, 3.63) is 64.1 Å². The number of nitrogens with zero attached hydrogens (tertiary/aromatic N) is 1. The molecule has 2 aromatic carbocycles. The molecule has 7 heteroatoms. The lowest BCUT2D eigenvalue weighted by Gasteiger charge is -2.13. The number of carbonyl (C=O) groups excluding carboxylic acids is 1. The summed E-state index contributed by atoms with van der Waals surface area (Å²) in [6, 6.07) is 12.5. The number of hydrogen-bond acceptors (Lipinski definition) is 4. The number of hydrogen-bond donors (Lipinski definition) is 3.